The van der Waals surface area contributed by atoms with Crippen LogP contribution in [-0.2, 0) is 11.3 Å². The normalized spacial score (nSPS) is 20.7. The van der Waals surface area contributed by atoms with Gasteiger partial charge in [0, 0.05) is 58.2 Å². The number of guanidine groups is 1. The molecule has 1 aromatic heterocycles. The molecule has 3 heterocycles. The molecule has 2 aliphatic rings. The fraction of sp³-hybridized carbons (Fsp3) is 0.476. The van der Waals surface area contributed by atoms with Gasteiger partial charge in [0.15, 0.2) is 5.96 Å². The van der Waals surface area contributed by atoms with Crippen molar-refractivity contribution in [2.75, 3.05) is 57.3 Å². The second kappa shape index (κ2) is 11.4. The topological polar surface area (TPSA) is 83.1 Å². The zero-order valence-electron chi connectivity index (χ0n) is 17.1. The molecule has 2 saturated heterocycles. The Morgan fingerprint density at radius 2 is 1.77 bits per heavy atom. The number of hydrogen-bond acceptors (Lipinski definition) is 6. The number of halogens is 1. The summed E-state index contributed by atoms with van der Waals surface area (Å²) in [4.78, 5) is 20.0. The Balaban J connectivity index is 0.00000256. The van der Waals surface area contributed by atoms with Crippen LogP contribution in [0.4, 0.5) is 5.95 Å². The van der Waals surface area contributed by atoms with E-state index in [1.165, 1.54) is 5.56 Å². The molecule has 2 aromatic rings. The van der Waals surface area contributed by atoms with Gasteiger partial charge in [0.2, 0.25) is 5.95 Å². The molecule has 0 radical (unpaired) electrons. The molecule has 162 valence electrons. The highest BCUT2D eigenvalue weighted by Gasteiger charge is 2.22. The molecule has 2 aliphatic heterocycles. The Morgan fingerprint density at radius 1 is 1.03 bits per heavy atom. The minimum atomic E-state index is 0. The Morgan fingerprint density at radius 3 is 2.50 bits per heavy atom. The Hall–Kier alpha value is -1.98. The molecule has 9 heteroatoms. The van der Waals surface area contributed by atoms with E-state index >= 15 is 0 Å². The fourth-order valence-electron chi connectivity index (χ4n) is 3.76. The van der Waals surface area contributed by atoms with Crippen LogP contribution in [0.15, 0.2) is 53.8 Å². The summed E-state index contributed by atoms with van der Waals surface area (Å²) >= 11 is 0. The van der Waals surface area contributed by atoms with E-state index in [-0.39, 0.29) is 30.1 Å². The van der Waals surface area contributed by atoms with E-state index in [0.717, 1.165) is 58.4 Å². The van der Waals surface area contributed by atoms with Crippen molar-refractivity contribution in [3.8, 4) is 0 Å². The molecular formula is C21H30IN7O. The van der Waals surface area contributed by atoms with E-state index in [1.807, 2.05) is 6.07 Å². The van der Waals surface area contributed by atoms with Gasteiger partial charge in [0.1, 0.15) is 0 Å². The Kier molecular flexibility index (Phi) is 8.64. The first-order valence-corrected chi connectivity index (χ1v) is 10.2. The first kappa shape index (κ1) is 22.7. The largest absolute Gasteiger partial charge is 0.374 e. The number of ether oxygens (including phenoxy) is 1. The summed E-state index contributed by atoms with van der Waals surface area (Å²) in [6, 6.07) is 12.4. The van der Waals surface area contributed by atoms with Crippen LogP contribution < -0.4 is 10.6 Å². The van der Waals surface area contributed by atoms with Crippen LogP contribution in [0.1, 0.15) is 5.56 Å². The monoisotopic (exact) mass is 523 g/mol. The maximum atomic E-state index is 6.26. The van der Waals surface area contributed by atoms with Gasteiger partial charge in [-0.25, -0.2) is 9.97 Å². The van der Waals surface area contributed by atoms with Crippen molar-refractivity contribution in [1.29, 1.82) is 0 Å². The van der Waals surface area contributed by atoms with Gasteiger partial charge in [0.05, 0.1) is 19.3 Å². The molecule has 1 unspecified atom stereocenters. The highest BCUT2D eigenvalue weighted by atomic mass is 127. The van der Waals surface area contributed by atoms with E-state index in [1.54, 1.807) is 12.4 Å². The van der Waals surface area contributed by atoms with Crippen molar-refractivity contribution >= 4 is 35.9 Å². The smallest absolute Gasteiger partial charge is 0.225 e. The average molecular weight is 523 g/mol. The standard InChI is InChI=1S/C21H29N7O.HI/c22-20(27-9-11-28(12-10-27)21-23-7-4-8-24-21)25-15-19-17-26(13-14-29-19)16-18-5-2-1-3-6-18;/h1-8,19H,9-17H2,(H2,22,25);1H. The lowest BCUT2D eigenvalue weighted by molar-refractivity contribution is -0.0259. The van der Waals surface area contributed by atoms with Crippen molar-refractivity contribution in [3.05, 3.63) is 54.4 Å². The van der Waals surface area contributed by atoms with Gasteiger partial charge < -0.3 is 20.3 Å². The molecule has 0 saturated carbocycles. The first-order chi connectivity index (χ1) is 14.3. The molecule has 0 bridgehead atoms. The molecule has 4 rings (SSSR count). The van der Waals surface area contributed by atoms with Crippen LogP contribution in [0, 0.1) is 0 Å². The van der Waals surface area contributed by atoms with E-state index in [0.29, 0.717) is 12.5 Å². The number of morpholine rings is 1. The van der Waals surface area contributed by atoms with Crippen LogP contribution in [0.3, 0.4) is 0 Å². The third kappa shape index (κ3) is 6.26. The quantitative estimate of drug-likeness (QED) is 0.361. The van der Waals surface area contributed by atoms with E-state index in [9.17, 15) is 0 Å². The SMILES string of the molecule is I.NC(=NCC1CN(Cc2ccccc2)CCO1)N1CCN(c2ncccn2)CC1. The second-order valence-corrected chi connectivity index (χ2v) is 7.44. The molecule has 0 spiro atoms. The van der Waals surface area contributed by atoms with Crippen molar-refractivity contribution in [1.82, 2.24) is 19.8 Å². The number of aliphatic imine (C=N–C) groups is 1. The third-order valence-electron chi connectivity index (χ3n) is 5.37. The molecule has 0 aliphatic carbocycles. The maximum absolute atomic E-state index is 6.26. The molecule has 2 fully saturated rings. The molecule has 30 heavy (non-hydrogen) atoms. The van der Waals surface area contributed by atoms with Crippen LogP contribution in [0.5, 0.6) is 0 Å². The molecule has 2 N–H and O–H groups in total. The summed E-state index contributed by atoms with van der Waals surface area (Å²) in [5.41, 5.74) is 7.59. The highest BCUT2D eigenvalue weighted by Crippen LogP contribution is 2.12. The molecular weight excluding hydrogens is 493 g/mol. The summed E-state index contributed by atoms with van der Waals surface area (Å²) in [5.74, 6) is 1.37. The lowest BCUT2D eigenvalue weighted by Gasteiger charge is -2.35. The van der Waals surface area contributed by atoms with E-state index in [4.69, 9.17) is 10.5 Å². The first-order valence-electron chi connectivity index (χ1n) is 10.2. The molecule has 0 amide bonds. The number of hydrogen-bond donors (Lipinski definition) is 1. The molecule has 8 nitrogen and oxygen atoms in total. The summed E-state index contributed by atoms with van der Waals surface area (Å²) in [6.07, 6.45) is 3.64. The van der Waals surface area contributed by atoms with Crippen molar-refractivity contribution in [2.45, 2.75) is 12.6 Å². The Bertz CT molecular complexity index is 784. The van der Waals surface area contributed by atoms with E-state index < -0.39 is 0 Å². The van der Waals surface area contributed by atoms with Crippen LogP contribution >= 0.6 is 24.0 Å². The van der Waals surface area contributed by atoms with Crippen LogP contribution in [-0.4, -0.2) is 84.3 Å². The lowest BCUT2D eigenvalue weighted by Crippen LogP contribution is -2.52. The number of benzene rings is 1. The summed E-state index contributed by atoms with van der Waals surface area (Å²) < 4.78 is 5.91. The van der Waals surface area contributed by atoms with Crippen LogP contribution in [0.25, 0.3) is 0 Å². The van der Waals surface area contributed by atoms with Crippen LogP contribution in [0.2, 0.25) is 0 Å². The van der Waals surface area contributed by atoms with Gasteiger partial charge in [-0.2, -0.15) is 0 Å². The van der Waals surface area contributed by atoms with Crippen molar-refractivity contribution in [2.24, 2.45) is 10.7 Å². The lowest BCUT2D eigenvalue weighted by atomic mass is 10.2. The number of nitrogens with zero attached hydrogens (tertiary/aromatic N) is 6. The van der Waals surface area contributed by atoms with Gasteiger partial charge in [-0.15, -0.1) is 24.0 Å². The highest BCUT2D eigenvalue weighted by molar-refractivity contribution is 14.0. The number of nitrogens with two attached hydrogens (primary N) is 1. The van der Waals surface area contributed by atoms with Gasteiger partial charge in [-0.1, -0.05) is 30.3 Å². The van der Waals surface area contributed by atoms with Gasteiger partial charge in [-0.05, 0) is 11.6 Å². The number of rotatable bonds is 5. The van der Waals surface area contributed by atoms with Crippen molar-refractivity contribution < 1.29 is 4.74 Å². The second-order valence-electron chi connectivity index (χ2n) is 7.44. The minimum absolute atomic E-state index is 0. The Labute approximate surface area is 195 Å². The predicted molar refractivity (Wildman–Crippen MR) is 129 cm³/mol. The number of piperazine rings is 1. The maximum Gasteiger partial charge on any atom is 0.225 e. The number of aromatic nitrogens is 2. The summed E-state index contributed by atoms with van der Waals surface area (Å²) in [5, 5.41) is 0. The van der Waals surface area contributed by atoms with E-state index in [2.05, 4.69) is 60.0 Å². The van der Waals surface area contributed by atoms with Gasteiger partial charge >= 0.3 is 0 Å². The zero-order valence-corrected chi connectivity index (χ0v) is 19.5. The third-order valence-corrected chi connectivity index (χ3v) is 5.37. The zero-order chi connectivity index (χ0) is 19.9. The fourth-order valence-corrected chi connectivity index (χ4v) is 3.76. The molecule has 1 aromatic carbocycles. The minimum Gasteiger partial charge on any atom is -0.374 e. The number of anilines is 1. The van der Waals surface area contributed by atoms with Gasteiger partial charge in [0.25, 0.3) is 0 Å². The predicted octanol–water partition coefficient (Wildman–Crippen LogP) is 1.43. The molecule has 1 atom stereocenters. The van der Waals surface area contributed by atoms with Crippen molar-refractivity contribution in [3.63, 3.8) is 0 Å². The summed E-state index contributed by atoms with van der Waals surface area (Å²) in [7, 11) is 0. The average Bonchev–Trinajstić information content (AvgIpc) is 2.79. The van der Waals surface area contributed by atoms with Gasteiger partial charge in [-0.3, -0.25) is 9.89 Å². The summed E-state index contributed by atoms with van der Waals surface area (Å²) in [6.45, 7) is 7.43.